The molecule has 0 heterocycles. The van der Waals surface area contributed by atoms with E-state index < -0.39 is 17.4 Å². The Bertz CT molecular complexity index is 430. The highest BCUT2D eigenvalue weighted by molar-refractivity contribution is 7.77. The summed E-state index contributed by atoms with van der Waals surface area (Å²) < 4.78 is 27.6. The molecule has 0 saturated carbocycles. The van der Waals surface area contributed by atoms with Gasteiger partial charge in [-0.3, -0.25) is 4.21 Å². The van der Waals surface area contributed by atoms with Crippen LogP contribution in [-0.4, -0.2) is 25.7 Å². The van der Waals surface area contributed by atoms with Gasteiger partial charge in [0.25, 0.3) is 0 Å². The Balaban J connectivity index is 2.72. The quantitative estimate of drug-likeness (QED) is 0.787. The standard InChI is InChI=1S/C12H17NO4S/c1-9(2)8-13(18(15)16)12(14)17-11-6-4-10(3)5-7-11/h4-7,9H,8H2,1-3H3,(H,15,16)/p-1. The first kappa shape index (κ1) is 14.7. The molecule has 1 aromatic rings. The molecule has 0 radical (unpaired) electrons. The number of aryl methyl sites for hydroxylation is 1. The Labute approximate surface area is 109 Å². The topological polar surface area (TPSA) is 69.7 Å². The lowest BCUT2D eigenvalue weighted by Gasteiger charge is -2.24. The summed E-state index contributed by atoms with van der Waals surface area (Å²) in [6.45, 7) is 5.64. The van der Waals surface area contributed by atoms with Crippen molar-refractivity contribution >= 4 is 17.4 Å². The fourth-order valence-corrected chi connectivity index (χ4v) is 1.86. The van der Waals surface area contributed by atoms with E-state index in [2.05, 4.69) is 0 Å². The van der Waals surface area contributed by atoms with Gasteiger partial charge >= 0.3 is 6.09 Å². The van der Waals surface area contributed by atoms with Crippen LogP contribution in [0.15, 0.2) is 24.3 Å². The number of nitrogens with zero attached hydrogens (tertiary/aromatic N) is 1. The second-order valence-corrected chi connectivity index (χ2v) is 5.23. The zero-order chi connectivity index (χ0) is 13.7. The lowest BCUT2D eigenvalue weighted by Crippen LogP contribution is -2.37. The minimum atomic E-state index is -2.62. The average Bonchev–Trinajstić information content (AvgIpc) is 2.28. The average molecular weight is 270 g/mol. The molecule has 0 aliphatic carbocycles. The van der Waals surface area contributed by atoms with Crippen LogP contribution in [0.25, 0.3) is 0 Å². The van der Waals surface area contributed by atoms with Crippen LogP contribution in [0.1, 0.15) is 19.4 Å². The van der Waals surface area contributed by atoms with E-state index in [0.717, 1.165) is 5.56 Å². The van der Waals surface area contributed by atoms with E-state index in [1.165, 1.54) is 0 Å². The van der Waals surface area contributed by atoms with Gasteiger partial charge in [0.05, 0.1) is 11.3 Å². The summed E-state index contributed by atoms with van der Waals surface area (Å²) >= 11 is -2.62. The van der Waals surface area contributed by atoms with Gasteiger partial charge in [-0.1, -0.05) is 31.5 Å². The summed E-state index contributed by atoms with van der Waals surface area (Å²) in [5.41, 5.74) is 1.03. The van der Waals surface area contributed by atoms with Crippen molar-refractivity contribution in [2.75, 3.05) is 6.54 Å². The van der Waals surface area contributed by atoms with Crippen molar-refractivity contribution in [3.63, 3.8) is 0 Å². The van der Waals surface area contributed by atoms with Crippen molar-refractivity contribution in [2.45, 2.75) is 20.8 Å². The number of carbonyl (C=O) groups excluding carboxylic acids is 1. The summed E-state index contributed by atoms with van der Waals surface area (Å²) in [5.74, 6) is 0.360. The molecule has 1 unspecified atom stereocenters. The fourth-order valence-electron chi connectivity index (χ4n) is 1.29. The van der Waals surface area contributed by atoms with Crippen molar-refractivity contribution < 1.29 is 18.3 Å². The molecule has 18 heavy (non-hydrogen) atoms. The molecule has 0 bridgehead atoms. The van der Waals surface area contributed by atoms with E-state index in [1.54, 1.807) is 24.3 Å². The maximum absolute atomic E-state index is 11.7. The first-order valence-corrected chi connectivity index (χ1v) is 6.58. The van der Waals surface area contributed by atoms with Crippen molar-refractivity contribution in [3.8, 4) is 5.75 Å². The molecule has 1 rings (SSSR count). The number of hydrogen-bond donors (Lipinski definition) is 0. The van der Waals surface area contributed by atoms with Crippen LogP contribution in [0.2, 0.25) is 0 Å². The lowest BCUT2D eigenvalue weighted by atomic mass is 10.2. The third-order valence-corrected chi connectivity index (χ3v) is 2.80. The molecule has 0 N–H and O–H groups in total. The Morgan fingerprint density at radius 1 is 1.39 bits per heavy atom. The Morgan fingerprint density at radius 3 is 2.39 bits per heavy atom. The second-order valence-electron chi connectivity index (χ2n) is 4.35. The minimum Gasteiger partial charge on any atom is -0.755 e. The highest BCUT2D eigenvalue weighted by Crippen LogP contribution is 2.13. The van der Waals surface area contributed by atoms with E-state index in [9.17, 15) is 13.6 Å². The minimum absolute atomic E-state index is 0.0356. The molecule has 0 aliphatic rings. The van der Waals surface area contributed by atoms with Crippen LogP contribution in [0.4, 0.5) is 4.79 Å². The van der Waals surface area contributed by atoms with Crippen LogP contribution in [0.3, 0.4) is 0 Å². The summed E-state index contributed by atoms with van der Waals surface area (Å²) in [7, 11) is 0. The van der Waals surface area contributed by atoms with E-state index in [-0.39, 0.29) is 12.5 Å². The van der Waals surface area contributed by atoms with E-state index >= 15 is 0 Å². The number of amides is 1. The summed E-state index contributed by atoms with van der Waals surface area (Å²) in [6, 6.07) is 6.80. The maximum atomic E-state index is 11.7. The largest absolute Gasteiger partial charge is 0.755 e. The normalized spacial score (nSPS) is 12.3. The number of rotatable bonds is 4. The second kappa shape index (κ2) is 6.51. The molecular formula is C12H16NO4S-. The van der Waals surface area contributed by atoms with Gasteiger partial charge in [0.2, 0.25) is 0 Å². The predicted octanol–water partition coefficient (Wildman–Crippen LogP) is 2.25. The monoisotopic (exact) mass is 270 g/mol. The van der Waals surface area contributed by atoms with Gasteiger partial charge in [0, 0.05) is 6.54 Å². The molecule has 0 saturated heterocycles. The number of carbonyl (C=O) groups is 1. The van der Waals surface area contributed by atoms with Crippen LogP contribution >= 0.6 is 0 Å². The van der Waals surface area contributed by atoms with Gasteiger partial charge in [0.15, 0.2) is 0 Å². The smallest absolute Gasteiger partial charge is 0.426 e. The van der Waals surface area contributed by atoms with Crippen LogP contribution < -0.4 is 4.74 Å². The Morgan fingerprint density at radius 2 is 1.94 bits per heavy atom. The van der Waals surface area contributed by atoms with Gasteiger partial charge in [-0.15, -0.1) is 0 Å². The molecule has 6 heteroatoms. The fraction of sp³-hybridized carbons (Fsp3) is 0.417. The highest BCUT2D eigenvalue weighted by atomic mass is 32.2. The van der Waals surface area contributed by atoms with Crippen molar-refractivity contribution in [3.05, 3.63) is 29.8 Å². The zero-order valence-electron chi connectivity index (χ0n) is 10.6. The van der Waals surface area contributed by atoms with E-state index in [1.807, 2.05) is 20.8 Å². The van der Waals surface area contributed by atoms with E-state index in [4.69, 9.17) is 4.74 Å². The van der Waals surface area contributed by atoms with Crippen molar-refractivity contribution in [1.29, 1.82) is 0 Å². The molecule has 1 amide bonds. The summed E-state index contributed by atoms with van der Waals surface area (Å²) in [5, 5.41) is 0. The lowest BCUT2D eigenvalue weighted by molar-refractivity contribution is 0.174. The third-order valence-electron chi connectivity index (χ3n) is 2.14. The molecule has 0 spiro atoms. The first-order valence-electron chi connectivity index (χ1n) is 5.55. The molecule has 0 aliphatic heterocycles. The van der Waals surface area contributed by atoms with Gasteiger partial charge in [-0.05, 0) is 25.0 Å². The third kappa shape index (κ3) is 4.46. The molecule has 0 fully saturated rings. The summed E-state index contributed by atoms with van der Waals surface area (Å²) in [6.07, 6.45) is -0.888. The molecule has 0 aromatic heterocycles. The number of ether oxygens (including phenoxy) is 1. The van der Waals surface area contributed by atoms with Crippen LogP contribution in [-0.2, 0) is 11.3 Å². The molecule has 100 valence electrons. The van der Waals surface area contributed by atoms with Gasteiger partial charge in [0.1, 0.15) is 5.75 Å². The van der Waals surface area contributed by atoms with Crippen LogP contribution in [0.5, 0.6) is 5.75 Å². The highest BCUT2D eigenvalue weighted by Gasteiger charge is 2.18. The van der Waals surface area contributed by atoms with E-state index in [0.29, 0.717) is 10.1 Å². The molecule has 5 nitrogen and oxygen atoms in total. The molecular weight excluding hydrogens is 254 g/mol. The number of benzene rings is 1. The molecule has 1 atom stereocenters. The predicted molar refractivity (Wildman–Crippen MR) is 67.7 cm³/mol. The van der Waals surface area contributed by atoms with Gasteiger partial charge in [-0.25, -0.2) is 9.10 Å². The SMILES string of the molecule is Cc1ccc(OC(=O)N(CC(C)C)S(=O)[O-])cc1. The maximum Gasteiger partial charge on any atom is 0.426 e. The van der Waals surface area contributed by atoms with Crippen LogP contribution in [0, 0.1) is 12.8 Å². The van der Waals surface area contributed by atoms with Gasteiger partial charge < -0.3 is 9.29 Å². The summed E-state index contributed by atoms with van der Waals surface area (Å²) in [4.78, 5) is 11.7. The number of hydrogen-bond acceptors (Lipinski definition) is 4. The first-order chi connectivity index (χ1) is 8.40. The van der Waals surface area contributed by atoms with Crippen molar-refractivity contribution in [1.82, 2.24) is 4.31 Å². The van der Waals surface area contributed by atoms with Gasteiger partial charge in [-0.2, -0.15) is 0 Å². The zero-order valence-corrected chi connectivity index (χ0v) is 11.4. The molecule has 1 aromatic carbocycles. The Hall–Kier alpha value is -1.40. The van der Waals surface area contributed by atoms with Crippen molar-refractivity contribution in [2.24, 2.45) is 5.92 Å². The Kier molecular flexibility index (Phi) is 5.30.